The van der Waals surface area contributed by atoms with Gasteiger partial charge in [0.1, 0.15) is 0 Å². The summed E-state index contributed by atoms with van der Waals surface area (Å²) in [6, 6.07) is 9.08. The summed E-state index contributed by atoms with van der Waals surface area (Å²) in [5.74, 6) is 0. The van der Waals surface area contributed by atoms with Gasteiger partial charge >= 0.3 is 0 Å². The summed E-state index contributed by atoms with van der Waals surface area (Å²) < 4.78 is 0. The van der Waals surface area contributed by atoms with Crippen LogP contribution in [0.5, 0.6) is 0 Å². The summed E-state index contributed by atoms with van der Waals surface area (Å²) in [6.45, 7) is 8.90. The largest absolute Gasteiger partial charge is 0.352 e. The minimum absolute atomic E-state index is 0.00956. The Bertz CT molecular complexity index is 608. The summed E-state index contributed by atoms with van der Waals surface area (Å²) in [4.78, 5) is 4.44. The second-order valence-electron chi connectivity index (χ2n) is 7.13. The van der Waals surface area contributed by atoms with Gasteiger partial charge in [-0.2, -0.15) is 0 Å². The number of thiazole rings is 1. The SMILES string of the molecule is CC(C)(C)c1cccc(C2(Nc3nccs3)CCNCC2)c1. The molecule has 1 fully saturated rings. The van der Waals surface area contributed by atoms with E-state index in [0.717, 1.165) is 31.1 Å². The number of rotatable bonds is 3. The van der Waals surface area contributed by atoms with Gasteiger partial charge in [-0.25, -0.2) is 4.98 Å². The van der Waals surface area contributed by atoms with Crippen molar-refractivity contribution >= 4 is 16.5 Å². The third-order valence-corrected chi connectivity index (χ3v) is 5.21. The molecule has 3 nitrogen and oxygen atoms in total. The molecule has 0 amide bonds. The summed E-state index contributed by atoms with van der Waals surface area (Å²) in [7, 11) is 0. The van der Waals surface area contributed by atoms with Gasteiger partial charge < -0.3 is 10.6 Å². The minimum atomic E-state index is -0.00956. The fraction of sp³-hybridized carbons (Fsp3) is 0.500. The molecule has 1 aliphatic heterocycles. The van der Waals surface area contributed by atoms with E-state index in [0.29, 0.717) is 0 Å². The smallest absolute Gasteiger partial charge is 0.183 e. The molecular formula is C18H25N3S. The lowest BCUT2D eigenvalue weighted by atomic mass is 9.78. The van der Waals surface area contributed by atoms with Gasteiger partial charge in [-0.05, 0) is 42.5 Å². The highest BCUT2D eigenvalue weighted by Gasteiger charge is 2.35. The Labute approximate surface area is 137 Å². The first-order valence-corrected chi connectivity index (χ1v) is 8.87. The third kappa shape index (κ3) is 3.18. The lowest BCUT2D eigenvalue weighted by molar-refractivity contribution is 0.345. The molecular weight excluding hydrogens is 290 g/mol. The molecule has 0 saturated carbocycles. The van der Waals surface area contributed by atoms with E-state index in [1.807, 2.05) is 11.6 Å². The van der Waals surface area contributed by atoms with Crippen LogP contribution in [0.15, 0.2) is 35.8 Å². The van der Waals surface area contributed by atoms with E-state index >= 15 is 0 Å². The van der Waals surface area contributed by atoms with Crippen molar-refractivity contribution in [2.75, 3.05) is 18.4 Å². The molecule has 1 aromatic heterocycles. The number of nitrogens with one attached hydrogen (secondary N) is 2. The lowest BCUT2D eigenvalue weighted by Gasteiger charge is -2.39. The van der Waals surface area contributed by atoms with Crippen LogP contribution in [0.25, 0.3) is 0 Å². The number of piperidine rings is 1. The minimum Gasteiger partial charge on any atom is -0.352 e. The molecule has 0 bridgehead atoms. The summed E-state index contributed by atoms with van der Waals surface area (Å²) in [5, 5.41) is 10.3. The van der Waals surface area contributed by atoms with Gasteiger partial charge in [-0.3, -0.25) is 0 Å². The van der Waals surface area contributed by atoms with Crippen LogP contribution in [0.4, 0.5) is 5.13 Å². The second kappa shape index (κ2) is 6.01. The molecule has 118 valence electrons. The molecule has 0 unspecified atom stereocenters. The predicted octanol–water partition coefficient (Wildman–Crippen LogP) is 4.13. The average Bonchev–Trinajstić information content (AvgIpc) is 3.00. The predicted molar refractivity (Wildman–Crippen MR) is 94.7 cm³/mol. The van der Waals surface area contributed by atoms with E-state index in [1.165, 1.54) is 11.1 Å². The lowest BCUT2D eigenvalue weighted by Crippen LogP contribution is -2.45. The first-order valence-electron chi connectivity index (χ1n) is 7.99. The number of nitrogens with zero attached hydrogens (tertiary/aromatic N) is 1. The maximum Gasteiger partial charge on any atom is 0.183 e. The Hall–Kier alpha value is -1.39. The Balaban J connectivity index is 1.99. The second-order valence-corrected chi connectivity index (χ2v) is 8.02. The van der Waals surface area contributed by atoms with Gasteiger partial charge in [0.15, 0.2) is 5.13 Å². The van der Waals surface area contributed by atoms with Crippen LogP contribution in [0, 0.1) is 0 Å². The molecule has 2 N–H and O–H groups in total. The van der Waals surface area contributed by atoms with Gasteiger partial charge in [0.25, 0.3) is 0 Å². The molecule has 1 saturated heterocycles. The molecule has 0 atom stereocenters. The summed E-state index contributed by atoms with van der Waals surface area (Å²) in [6.07, 6.45) is 4.04. The standard InChI is InChI=1S/C18H25N3S/c1-17(2,3)14-5-4-6-15(13-14)18(7-9-19-10-8-18)21-16-20-11-12-22-16/h4-6,11-13,19H,7-10H2,1-3H3,(H,20,21). The van der Waals surface area contributed by atoms with E-state index in [2.05, 4.69) is 60.7 Å². The fourth-order valence-corrected chi connectivity index (χ4v) is 3.74. The maximum atomic E-state index is 4.44. The quantitative estimate of drug-likeness (QED) is 0.894. The molecule has 0 spiro atoms. The van der Waals surface area contributed by atoms with Crippen LogP contribution in [0.3, 0.4) is 0 Å². The molecule has 1 aliphatic rings. The summed E-state index contributed by atoms with van der Waals surface area (Å²) in [5.41, 5.74) is 2.94. The zero-order valence-corrected chi connectivity index (χ0v) is 14.5. The zero-order chi connectivity index (χ0) is 15.6. The van der Waals surface area contributed by atoms with Crippen LogP contribution in [0.2, 0.25) is 0 Å². The average molecular weight is 315 g/mol. The number of hydrogen-bond acceptors (Lipinski definition) is 4. The topological polar surface area (TPSA) is 37.0 Å². The van der Waals surface area contributed by atoms with E-state index in [1.54, 1.807) is 11.3 Å². The van der Waals surface area contributed by atoms with Crippen molar-refractivity contribution in [3.05, 3.63) is 47.0 Å². The molecule has 0 radical (unpaired) electrons. The molecule has 1 aromatic carbocycles. The number of benzene rings is 1. The molecule has 22 heavy (non-hydrogen) atoms. The number of hydrogen-bond donors (Lipinski definition) is 2. The van der Waals surface area contributed by atoms with Crippen molar-refractivity contribution < 1.29 is 0 Å². The molecule has 2 heterocycles. The summed E-state index contributed by atoms with van der Waals surface area (Å²) >= 11 is 1.68. The van der Waals surface area contributed by atoms with Crippen molar-refractivity contribution in [3.8, 4) is 0 Å². The maximum absolute atomic E-state index is 4.44. The van der Waals surface area contributed by atoms with Crippen molar-refractivity contribution in [1.82, 2.24) is 10.3 Å². The fourth-order valence-electron chi connectivity index (χ4n) is 3.11. The molecule has 0 aliphatic carbocycles. The van der Waals surface area contributed by atoms with Crippen LogP contribution in [0.1, 0.15) is 44.7 Å². The Morgan fingerprint density at radius 2 is 2.00 bits per heavy atom. The molecule has 2 aromatic rings. The molecule has 3 rings (SSSR count). The van der Waals surface area contributed by atoms with E-state index < -0.39 is 0 Å². The highest BCUT2D eigenvalue weighted by molar-refractivity contribution is 7.13. The third-order valence-electron chi connectivity index (χ3n) is 4.52. The van der Waals surface area contributed by atoms with Crippen molar-refractivity contribution in [2.24, 2.45) is 0 Å². The number of aromatic nitrogens is 1. The van der Waals surface area contributed by atoms with Crippen LogP contribution >= 0.6 is 11.3 Å². The zero-order valence-electron chi connectivity index (χ0n) is 13.6. The van der Waals surface area contributed by atoms with Gasteiger partial charge in [-0.15, -0.1) is 11.3 Å². The van der Waals surface area contributed by atoms with E-state index in [4.69, 9.17) is 0 Å². The van der Waals surface area contributed by atoms with Crippen LogP contribution in [-0.2, 0) is 11.0 Å². The van der Waals surface area contributed by atoms with E-state index in [-0.39, 0.29) is 11.0 Å². The van der Waals surface area contributed by atoms with E-state index in [9.17, 15) is 0 Å². The van der Waals surface area contributed by atoms with Gasteiger partial charge in [0.2, 0.25) is 0 Å². The van der Waals surface area contributed by atoms with Crippen molar-refractivity contribution in [3.63, 3.8) is 0 Å². The van der Waals surface area contributed by atoms with Gasteiger partial charge in [0.05, 0.1) is 5.54 Å². The Morgan fingerprint density at radius 3 is 2.64 bits per heavy atom. The van der Waals surface area contributed by atoms with Crippen molar-refractivity contribution in [1.29, 1.82) is 0 Å². The van der Waals surface area contributed by atoms with Crippen LogP contribution in [-0.4, -0.2) is 18.1 Å². The highest BCUT2D eigenvalue weighted by Crippen LogP contribution is 2.37. The first-order chi connectivity index (χ1) is 10.5. The normalized spacial score (nSPS) is 18.1. The monoisotopic (exact) mass is 315 g/mol. The Kier molecular flexibility index (Phi) is 4.24. The number of anilines is 1. The van der Waals surface area contributed by atoms with Gasteiger partial charge in [0, 0.05) is 11.6 Å². The molecule has 4 heteroatoms. The highest BCUT2D eigenvalue weighted by atomic mass is 32.1. The van der Waals surface area contributed by atoms with Crippen LogP contribution < -0.4 is 10.6 Å². The Morgan fingerprint density at radius 1 is 1.23 bits per heavy atom. The van der Waals surface area contributed by atoms with Gasteiger partial charge in [-0.1, -0.05) is 45.0 Å². The van der Waals surface area contributed by atoms with Crippen molar-refractivity contribution in [2.45, 2.75) is 44.6 Å². The first kappa shape index (κ1) is 15.5.